The van der Waals surface area contributed by atoms with Crippen LogP contribution in [0.5, 0.6) is 11.5 Å². The third-order valence-corrected chi connectivity index (χ3v) is 8.01. The lowest BCUT2D eigenvalue weighted by molar-refractivity contribution is 0.0951. The zero-order valence-electron chi connectivity index (χ0n) is 23.6. The SMILES string of the molecule is CN(C)CCCCNC(=O)c1cn2c3c(c(NCCN4CCCC4)c(F)cc3c1=O)Oc1c-2ccc2ccccc12. The van der Waals surface area contributed by atoms with Crippen molar-refractivity contribution in [2.75, 3.05) is 58.7 Å². The number of anilines is 1. The van der Waals surface area contributed by atoms with E-state index >= 15 is 4.39 Å². The number of ether oxygens (including phenoxy) is 1. The monoisotopic (exact) mass is 557 g/mol. The number of aromatic nitrogens is 1. The minimum Gasteiger partial charge on any atom is -0.450 e. The van der Waals surface area contributed by atoms with Gasteiger partial charge >= 0.3 is 0 Å². The summed E-state index contributed by atoms with van der Waals surface area (Å²) >= 11 is 0. The van der Waals surface area contributed by atoms with Crippen molar-refractivity contribution in [2.24, 2.45) is 0 Å². The van der Waals surface area contributed by atoms with Crippen LogP contribution in [-0.4, -0.2) is 73.6 Å². The van der Waals surface area contributed by atoms with E-state index < -0.39 is 17.2 Å². The Morgan fingerprint density at radius 1 is 1.02 bits per heavy atom. The smallest absolute Gasteiger partial charge is 0.256 e. The number of halogens is 1. The molecule has 0 atom stereocenters. The molecule has 0 unspecified atom stereocenters. The molecule has 41 heavy (non-hydrogen) atoms. The van der Waals surface area contributed by atoms with Crippen molar-refractivity contribution in [1.29, 1.82) is 0 Å². The molecule has 6 rings (SSSR count). The van der Waals surface area contributed by atoms with Crippen molar-refractivity contribution in [1.82, 2.24) is 19.7 Å². The summed E-state index contributed by atoms with van der Waals surface area (Å²) in [6.07, 6.45) is 5.65. The highest BCUT2D eigenvalue weighted by Gasteiger charge is 2.29. The molecular formula is C32H36FN5O3. The lowest BCUT2D eigenvalue weighted by Crippen LogP contribution is -2.31. The molecule has 9 heteroatoms. The van der Waals surface area contributed by atoms with Crippen molar-refractivity contribution in [2.45, 2.75) is 25.7 Å². The number of carbonyl (C=O) groups is 1. The van der Waals surface area contributed by atoms with Crippen LogP contribution in [0.4, 0.5) is 10.1 Å². The summed E-state index contributed by atoms with van der Waals surface area (Å²) < 4.78 is 24.1. The Morgan fingerprint density at radius 3 is 2.63 bits per heavy atom. The Labute approximate surface area is 238 Å². The summed E-state index contributed by atoms with van der Waals surface area (Å²) in [5, 5.41) is 8.09. The van der Waals surface area contributed by atoms with Crippen LogP contribution in [-0.2, 0) is 0 Å². The number of likely N-dealkylation sites (tertiary alicyclic amines) is 1. The van der Waals surface area contributed by atoms with E-state index in [1.54, 1.807) is 6.20 Å². The van der Waals surface area contributed by atoms with Gasteiger partial charge in [-0.05, 0) is 76.9 Å². The quantitative estimate of drug-likeness (QED) is 0.236. The first-order chi connectivity index (χ1) is 19.9. The van der Waals surface area contributed by atoms with Crippen molar-refractivity contribution < 1.29 is 13.9 Å². The van der Waals surface area contributed by atoms with Crippen LogP contribution in [0.1, 0.15) is 36.0 Å². The van der Waals surface area contributed by atoms with E-state index in [0.717, 1.165) is 49.8 Å². The average molecular weight is 558 g/mol. The first-order valence-corrected chi connectivity index (χ1v) is 14.4. The van der Waals surface area contributed by atoms with E-state index in [9.17, 15) is 9.59 Å². The molecule has 4 aromatic rings. The topological polar surface area (TPSA) is 78.8 Å². The number of pyridine rings is 1. The van der Waals surface area contributed by atoms with E-state index in [0.29, 0.717) is 30.0 Å². The Kier molecular flexibility index (Phi) is 7.64. The third-order valence-electron chi connectivity index (χ3n) is 8.01. The van der Waals surface area contributed by atoms with Crippen molar-refractivity contribution >= 4 is 33.3 Å². The predicted molar refractivity (Wildman–Crippen MR) is 161 cm³/mol. The molecule has 2 aliphatic heterocycles. The predicted octanol–water partition coefficient (Wildman–Crippen LogP) is 4.97. The van der Waals surface area contributed by atoms with E-state index in [1.807, 2.05) is 55.1 Å². The number of fused-ring (bicyclic) bond motifs is 4. The van der Waals surface area contributed by atoms with Gasteiger partial charge in [0.25, 0.3) is 5.91 Å². The molecule has 0 aliphatic carbocycles. The van der Waals surface area contributed by atoms with Gasteiger partial charge in [-0.25, -0.2) is 4.39 Å². The van der Waals surface area contributed by atoms with E-state index in [1.165, 1.54) is 18.9 Å². The molecule has 2 aliphatic rings. The zero-order valence-corrected chi connectivity index (χ0v) is 23.6. The van der Waals surface area contributed by atoms with Gasteiger partial charge in [-0.1, -0.05) is 30.3 Å². The Balaban J connectivity index is 1.43. The molecule has 2 N–H and O–H groups in total. The summed E-state index contributed by atoms with van der Waals surface area (Å²) in [7, 11) is 4.01. The van der Waals surface area contributed by atoms with E-state index in [-0.39, 0.29) is 22.4 Å². The maximum atomic E-state index is 15.8. The van der Waals surface area contributed by atoms with Gasteiger partial charge in [0, 0.05) is 31.2 Å². The van der Waals surface area contributed by atoms with Crippen LogP contribution < -0.4 is 20.8 Å². The third kappa shape index (κ3) is 5.27. The summed E-state index contributed by atoms with van der Waals surface area (Å²) in [5.74, 6) is -0.224. The summed E-state index contributed by atoms with van der Waals surface area (Å²) in [5.41, 5.74) is 0.827. The van der Waals surface area contributed by atoms with Crippen molar-refractivity contribution in [3.8, 4) is 17.2 Å². The number of amides is 1. The molecular weight excluding hydrogens is 521 g/mol. The van der Waals surface area contributed by atoms with Crippen molar-refractivity contribution in [3.63, 3.8) is 0 Å². The average Bonchev–Trinajstić information content (AvgIpc) is 3.49. The molecule has 0 radical (unpaired) electrons. The number of hydrogen-bond donors (Lipinski definition) is 2. The molecule has 1 fully saturated rings. The highest BCUT2D eigenvalue weighted by atomic mass is 19.1. The fraction of sp³-hybridized carbons (Fsp3) is 0.375. The van der Waals surface area contributed by atoms with Gasteiger partial charge in [0.2, 0.25) is 5.43 Å². The number of hydrogen-bond acceptors (Lipinski definition) is 6. The standard InChI is InChI=1S/C32H36FN5O3/c1-36(2)15-6-5-13-35-32(40)24-20-38-26-12-11-21-9-3-4-10-22(21)30(26)41-31-27(34-14-18-37-16-7-8-17-37)25(33)19-23(28(31)38)29(24)39/h3-4,9-12,19-20,34H,5-8,13-18H2,1-2H3,(H,35,40). The van der Waals surface area contributed by atoms with Crippen LogP contribution in [0.15, 0.2) is 53.5 Å². The van der Waals surface area contributed by atoms with E-state index in [4.69, 9.17) is 4.74 Å². The van der Waals surface area contributed by atoms with Gasteiger partial charge in [-0.15, -0.1) is 0 Å². The second-order valence-corrected chi connectivity index (χ2v) is 11.2. The van der Waals surface area contributed by atoms with Gasteiger partial charge < -0.3 is 29.7 Å². The molecule has 8 nitrogen and oxygen atoms in total. The van der Waals surface area contributed by atoms with Gasteiger partial charge in [0.15, 0.2) is 17.3 Å². The summed E-state index contributed by atoms with van der Waals surface area (Å²) in [4.78, 5) is 31.3. The highest BCUT2D eigenvalue weighted by molar-refractivity contribution is 6.03. The first-order valence-electron chi connectivity index (χ1n) is 14.4. The van der Waals surface area contributed by atoms with Crippen LogP contribution in [0.3, 0.4) is 0 Å². The molecule has 1 aromatic heterocycles. The molecule has 214 valence electrons. The summed E-state index contributed by atoms with van der Waals surface area (Å²) in [6.45, 7) is 4.79. The number of unbranched alkanes of at least 4 members (excludes halogenated alkanes) is 1. The molecule has 3 heterocycles. The Bertz CT molecular complexity index is 1680. The minimum absolute atomic E-state index is 0.0220. The second kappa shape index (κ2) is 11.5. The first kappa shape index (κ1) is 27.2. The number of rotatable bonds is 10. The fourth-order valence-electron chi connectivity index (χ4n) is 5.87. The zero-order chi connectivity index (χ0) is 28.5. The molecule has 3 aromatic carbocycles. The van der Waals surface area contributed by atoms with Crippen LogP contribution in [0.25, 0.3) is 27.4 Å². The molecule has 1 saturated heterocycles. The highest BCUT2D eigenvalue weighted by Crippen LogP contribution is 2.47. The van der Waals surface area contributed by atoms with Crippen LogP contribution in [0, 0.1) is 5.82 Å². The number of carbonyl (C=O) groups excluding carboxylic acids is 1. The van der Waals surface area contributed by atoms with E-state index in [2.05, 4.69) is 20.4 Å². The molecule has 0 spiro atoms. The largest absolute Gasteiger partial charge is 0.450 e. The summed E-state index contributed by atoms with van der Waals surface area (Å²) in [6, 6.07) is 13.0. The van der Waals surface area contributed by atoms with Gasteiger partial charge in [-0.3, -0.25) is 9.59 Å². The van der Waals surface area contributed by atoms with Crippen LogP contribution in [0.2, 0.25) is 0 Å². The van der Waals surface area contributed by atoms with Crippen molar-refractivity contribution in [3.05, 3.63) is 70.3 Å². The van der Waals surface area contributed by atoms with Crippen LogP contribution >= 0.6 is 0 Å². The van der Waals surface area contributed by atoms with Gasteiger partial charge in [-0.2, -0.15) is 0 Å². The Morgan fingerprint density at radius 2 is 1.83 bits per heavy atom. The molecule has 1 amide bonds. The maximum Gasteiger partial charge on any atom is 0.256 e. The lowest BCUT2D eigenvalue weighted by atomic mass is 10.0. The minimum atomic E-state index is -0.581. The molecule has 0 bridgehead atoms. The van der Waals surface area contributed by atoms with Gasteiger partial charge in [0.1, 0.15) is 16.8 Å². The van der Waals surface area contributed by atoms with Gasteiger partial charge in [0.05, 0.1) is 11.1 Å². The molecule has 0 saturated carbocycles. The maximum absolute atomic E-state index is 15.8. The number of benzene rings is 3. The Hall–Kier alpha value is -3.95. The fourth-order valence-corrected chi connectivity index (χ4v) is 5.87. The number of nitrogens with one attached hydrogen (secondary N) is 2. The lowest BCUT2D eigenvalue weighted by Gasteiger charge is -2.27. The second-order valence-electron chi connectivity index (χ2n) is 11.2. The number of nitrogens with zero attached hydrogens (tertiary/aromatic N) is 3. The normalized spacial score (nSPS) is 14.4.